The number of hydrogen-bond acceptors (Lipinski definition) is 2. The van der Waals surface area contributed by atoms with Gasteiger partial charge in [-0.3, -0.25) is 0 Å². The topological polar surface area (TPSA) is 6.48 Å². The molecule has 0 radical (unpaired) electrons. The van der Waals surface area contributed by atoms with E-state index in [1.54, 1.807) is 0 Å². The van der Waals surface area contributed by atoms with Crippen LogP contribution in [0.25, 0.3) is 0 Å². The van der Waals surface area contributed by atoms with Crippen molar-refractivity contribution in [3.8, 4) is 0 Å². The van der Waals surface area contributed by atoms with Crippen molar-refractivity contribution in [3.63, 3.8) is 0 Å². The Morgan fingerprint density at radius 3 is 1.14 bits per heavy atom. The molecule has 0 aromatic rings. The third-order valence-corrected chi connectivity index (χ3v) is 1.93. The molecular weight excluding hydrogens is 172 g/mol. The predicted octanol–water partition coefficient (Wildman–Crippen LogP) is 0.0221. The summed E-state index contributed by atoms with van der Waals surface area (Å²) >= 11 is 0.0167. The first-order chi connectivity index (χ1) is 3.13. The summed E-state index contributed by atoms with van der Waals surface area (Å²) < 4.78 is 4.51. The van der Waals surface area contributed by atoms with Crippen molar-refractivity contribution < 1.29 is 19.1 Å². The molecule has 0 fully saturated rings. The van der Waals surface area contributed by atoms with E-state index < -0.39 is 0 Å². The van der Waals surface area contributed by atoms with Gasteiger partial charge in [-0.25, -0.2) is 0 Å². The molecule has 0 saturated heterocycles. The summed E-state index contributed by atoms with van der Waals surface area (Å²) in [5.41, 5.74) is 0. The van der Waals surface area contributed by atoms with Gasteiger partial charge in [-0.05, 0) is 0 Å². The van der Waals surface area contributed by atoms with E-state index in [0.29, 0.717) is 0 Å². The van der Waals surface area contributed by atoms with Crippen molar-refractivity contribution in [1.29, 1.82) is 0 Å². The van der Waals surface area contributed by atoms with Gasteiger partial charge >= 0.3 is 54.2 Å². The molecule has 44 valence electrons. The molecule has 3 heteroatoms. The van der Waals surface area contributed by atoms with Gasteiger partial charge in [-0.15, -0.1) is 0 Å². The molecule has 0 heterocycles. The normalized spacial score (nSPS) is 11.1. The molecule has 7 heavy (non-hydrogen) atoms. The molecule has 0 aromatic carbocycles. The van der Waals surface area contributed by atoms with Gasteiger partial charge in [-0.1, -0.05) is 0 Å². The molecule has 0 rings (SSSR count). The van der Waals surface area contributed by atoms with Crippen LogP contribution in [0.3, 0.4) is 0 Å². The van der Waals surface area contributed by atoms with Crippen molar-refractivity contribution in [2.75, 3.05) is 28.2 Å². The predicted molar refractivity (Wildman–Crippen MR) is 27.4 cm³/mol. The molecule has 0 amide bonds. The molecule has 0 aliphatic heterocycles. The molecule has 0 atom stereocenters. The summed E-state index contributed by atoms with van der Waals surface area (Å²) in [5.74, 6) is 0. The van der Waals surface area contributed by atoms with Gasteiger partial charge in [0, 0.05) is 0 Å². The molecule has 0 aliphatic rings. The van der Waals surface area contributed by atoms with Gasteiger partial charge in [0.05, 0.1) is 0 Å². The molecule has 0 saturated carbocycles. The van der Waals surface area contributed by atoms with Crippen molar-refractivity contribution in [2.45, 2.75) is 0 Å². The van der Waals surface area contributed by atoms with Crippen molar-refractivity contribution in [2.24, 2.45) is 0 Å². The van der Waals surface area contributed by atoms with E-state index in [0.717, 1.165) is 0 Å². The van der Waals surface area contributed by atoms with Crippen molar-refractivity contribution >= 4 is 0 Å². The van der Waals surface area contributed by atoms with Gasteiger partial charge < -0.3 is 0 Å². The third kappa shape index (κ3) is 6.61. The second-order valence-corrected chi connectivity index (χ2v) is 5.70. The van der Waals surface area contributed by atoms with Gasteiger partial charge in [0.15, 0.2) is 0 Å². The van der Waals surface area contributed by atoms with Crippen LogP contribution >= 0.6 is 0 Å². The number of hydrogen-bond donors (Lipinski definition) is 0. The van der Waals surface area contributed by atoms with Crippen LogP contribution < -0.4 is 0 Å². The summed E-state index contributed by atoms with van der Waals surface area (Å²) in [6.07, 6.45) is 0. The summed E-state index contributed by atoms with van der Waals surface area (Å²) in [6, 6.07) is 0. The van der Waals surface area contributed by atoms with E-state index in [9.17, 15) is 0 Å². The van der Waals surface area contributed by atoms with Crippen LogP contribution in [-0.2, 0) is 19.1 Å². The Labute approximate surface area is 54.6 Å². The first-order valence-electron chi connectivity index (χ1n) is 2.15. The maximum atomic E-state index is 2.26. The second-order valence-electron chi connectivity index (χ2n) is 1.71. The first kappa shape index (κ1) is 7.61. The zero-order valence-corrected chi connectivity index (χ0v) is 7.31. The van der Waals surface area contributed by atoms with E-state index >= 15 is 0 Å². The second kappa shape index (κ2) is 3.59. The van der Waals surface area contributed by atoms with Gasteiger partial charge in [-0.2, -0.15) is 0 Å². The van der Waals surface area contributed by atoms with E-state index in [1.165, 1.54) is 0 Å². The average molecular weight is 184 g/mol. The fraction of sp³-hybridized carbons (Fsp3) is 1.00. The van der Waals surface area contributed by atoms with Crippen LogP contribution in [0.15, 0.2) is 0 Å². The quantitative estimate of drug-likeness (QED) is 0.558. The molecule has 0 unspecified atom stereocenters. The van der Waals surface area contributed by atoms with Gasteiger partial charge in [0.25, 0.3) is 0 Å². The van der Waals surface area contributed by atoms with Gasteiger partial charge in [0.2, 0.25) is 0 Å². The minimum atomic E-state index is 0.0167. The monoisotopic (exact) mass is 186 g/mol. The van der Waals surface area contributed by atoms with E-state index in [1.807, 2.05) is 0 Å². The molecule has 0 aromatic heterocycles. The Balaban J connectivity index is 2.95. The third-order valence-electron chi connectivity index (χ3n) is 0.327. The summed E-state index contributed by atoms with van der Waals surface area (Å²) in [6.45, 7) is 0. The van der Waals surface area contributed by atoms with E-state index in [4.69, 9.17) is 0 Å². The van der Waals surface area contributed by atoms with Crippen LogP contribution in [0.1, 0.15) is 0 Å². The Morgan fingerprint density at radius 1 is 0.857 bits per heavy atom. The first-order valence-corrected chi connectivity index (χ1v) is 3.95. The van der Waals surface area contributed by atoms with Crippen molar-refractivity contribution in [3.05, 3.63) is 0 Å². The molecular formula is C4H12MoN2. The zero-order chi connectivity index (χ0) is 5.86. The van der Waals surface area contributed by atoms with Crippen molar-refractivity contribution in [1.82, 2.24) is 6.92 Å². The summed E-state index contributed by atoms with van der Waals surface area (Å²) in [7, 11) is 8.45. The van der Waals surface area contributed by atoms with Crippen LogP contribution in [0.2, 0.25) is 0 Å². The van der Waals surface area contributed by atoms with Gasteiger partial charge in [0.1, 0.15) is 0 Å². The fourth-order valence-corrected chi connectivity index (χ4v) is 1.93. The Morgan fingerprint density at radius 2 is 1.14 bits per heavy atom. The van der Waals surface area contributed by atoms with Crippen LogP contribution in [0.5, 0.6) is 0 Å². The van der Waals surface area contributed by atoms with E-state index in [-0.39, 0.29) is 19.1 Å². The molecule has 2 nitrogen and oxygen atoms in total. The van der Waals surface area contributed by atoms with Crippen LogP contribution in [0.4, 0.5) is 0 Å². The van der Waals surface area contributed by atoms with Crippen LogP contribution in [-0.4, -0.2) is 35.1 Å². The minimum absolute atomic E-state index is 0.0167. The Kier molecular flexibility index (Phi) is 3.90. The summed E-state index contributed by atoms with van der Waals surface area (Å²) in [4.78, 5) is 0. The molecule has 0 spiro atoms. The number of nitrogens with zero attached hydrogens (tertiary/aromatic N) is 2. The Hall–Kier alpha value is 0.608. The zero-order valence-electron chi connectivity index (χ0n) is 5.30. The summed E-state index contributed by atoms with van der Waals surface area (Å²) in [5, 5.41) is 0. The maximum absolute atomic E-state index is 2.26. The molecule has 0 aliphatic carbocycles. The SMILES string of the molecule is C[N](C)[Mo][N](C)C. The molecule has 0 bridgehead atoms. The standard InChI is InChI=1S/2C2H6N.Mo/c2*1-3-2;/h2*1-2H3;/q2*-1;+2. The average Bonchev–Trinajstić information content (AvgIpc) is 1.27. The Bertz CT molecular complexity index is 39.0. The van der Waals surface area contributed by atoms with E-state index in [2.05, 4.69) is 35.1 Å². The number of rotatable bonds is 2. The van der Waals surface area contributed by atoms with Crippen LogP contribution in [0, 0.1) is 0 Å². The fourth-order valence-electron chi connectivity index (χ4n) is 0.327. The molecule has 0 N–H and O–H groups in total.